The lowest BCUT2D eigenvalue weighted by molar-refractivity contribution is 0.0662. The molecule has 1 aliphatic rings. The van der Waals surface area contributed by atoms with E-state index in [9.17, 15) is 8.42 Å². The Morgan fingerprint density at radius 1 is 1.53 bits per heavy atom. The Balaban J connectivity index is 2.05. The minimum absolute atomic E-state index is 0.0649. The molecular weight excluding hydrogens is 242 g/mol. The fourth-order valence-corrected chi connectivity index (χ4v) is 2.40. The average molecular weight is 259 g/mol. The second kappa shape index (κ2) is 5.05. The first-order chi connectivity index (χ1) is 8.11. The van der Waals surface area contributed by atoms with Gasteiger partial charge in [-0.3, -0.25) is 9.40 Å². The number of hydrogen-bond donors (Lipinski definition) is 1. The van der Waals surface area contributed by atoms with Crippen molar-refractivity contribution in [2.75, 3.05) is 23.7 Å². The quantitative estimate of drug-likeness (QED) is 0.875. The maximum Gasteiger partial charge on any atom is 0.232 e. The molecule has 1 aromatic heterocycles. The maximum atomic E-state index is 11.4. The molecule has 1 aliphatic heterocycles. The summed E-state index contributed by atoms with van der Waals surface area (Å²) in [5.41, 5.74) is 0.526. The van der Waals surface area contributed by atoms with Crippen molar-refractivity contribution in [2.45, 2.75) is 25.8 Å². The van der Waals surface area contributed by atoms with Crippen LogP contribution in [0.15, 0.2) is 12.4 Å². The number of anilines is 1. The Morgan fingerprint density at radius 2 is 2.24 bits per heavy atom. The topological polar surface area (TPSA) is 73.2 Å². The largest absolute Gasteiger partial charge is 0.381 e. The number of nitrogens with one attached hydrogen (secondary N) is 1. The van der Waals surface area contributed by atoms with Crippen LogP contribution in [0.25, 0.3) is 0 Å². The summed E-state index contributed by atoms with van der Waals surface area (Å²) in [7, 11) is -3.22. The first-order valence-corrected chi connectivity index (χ1v) is 7.38. The SMILES string of the molecule is CCS(=O)(=O)Nc1cnn(C2CCOCC2)c1. The van der Waals surface area contributed by atoms with Crippen LogP contribution in [0.4, 0.5) is 5.69 Å². The standard InChI is InChI=1S/C10H17N3O3S/c1-2-17(14,15)12-9-7-11-13(8-9)10-3-5-16-6-4-10/h7-8,10,12H,2-6H2,1H3. The Hall–Kier alpha value is -1.08. The molecule has 0 atom stereocenters. The molecular formula is C10H17N3O3S. The Kier molecular flexibility index (Phi) is 3.68. The molecule has 2 heterocycles. The number of ether oxygens (including phenoxy) is 1. The predicted molar refractivity (Wildman–Crippen MR) is 64.4 cm³/mol. The van der Waals surface area contributed by atoms with E-state index < -0.39 is 10.0 Å². The molecule has 2 rings (SSSR count). The summed E-state index contributed by atoms with van der Waals surface area (Å²) < 4.78 is 32.3. The minimum atomic E-state index is -3.22. The molecule has 7 heteroatoms. The van der Waals surface area contributed by atoms with Crippen molar-refractivity contribution >= 4 is 15.7 Å². The van der Waals surface area contributed by atoms with Gasteiger partial charge in [0.15, 0.2) is 0 Å². The summed E-state index contributed by atoms with van der Waals surface area (Å²) in [6.45, 7) is 3.08. The summed E-state index contributed by atoms with van der Waals surface area (Å²) in [4.78, 5) is 0. The molecule has 1 N–H and O–H groups in total. The molecule has 1 fully saturated rings. The first kappa shape index (κ1) is 12.4. The second-order valence-corrected chi connectivity index (χ2v) is 6.07. The van der Waals surface area contributed by atoms with Crippen molar-refractivity contribution in [2.24, 2.45) is 0 Å². The summed E-state index contributed by atoms with van der Waals surface area (Å²) in [5.74, 6) is 0.0649. The zero-order valence-corrected chi connectivity index (χ0v) is 10.6. The number of aromatic nitrogens is 2. The van der Waals surface area contributed by atoms with E-state index in [0.29, 0.717) is 11.7 Å². The number of hydrogen-bond acceptors (Lipinski definition) is 4. The minimum Gasteiger partial charge on any atom is -0.381 e. The zero-order chi connectivity index (χ0) is 12.3. The molecule has 96 valence electrons. The first-order valence-electron chi connectivity index (χ1n) is 5.73. The van der Waals surface area contributed by atoms with Gasteiger partial charge in [0.1, 0.15) is 0 Å². The molecule has 6 nitrogen and oxygen atoms in total. The fraction of sp³-hybridized carbons (Fsp3) is 0.700. The Morgan fingerprint density at radius 3 is 2.88 bits per heavy atom. The molecule has 0 aliphatic carbocycles. The van der Waals surface area contributed by atoms with Crippen LogP contribution >= 0.6 is 0 Å². The molecule has 0 aromatic carbocycles. The van der Waals surface area contributed by atoms with Crippen LogP contribution in [0, 0.1) is 0 Å². The van der Waals surface area contributed by atoms with Gasteiger partial charge in [0.05, 0.1) is 23.7 Å². The lowest BCUT2D eigenvalue weighted by atomic mass is 10.1. The van der Waals surface area contributed by atoms with Crippen molar-refractivity contribution in [3.8, 4) is 0 Å². The third kappa shape index (κ3) is 3.19. The molecule has 0 radical (unpaired) electrons. The van der Waals surface area contributed by atoms with Gasteiger partial charge >= 0.3 is 0 Å². The van der Waals surface area contributed by atoms with Gasteiger partial charge in [-0.15, -0.1) is 0 Å². The van der Waals surface area contributed by atoms with Crippen molar-refractivity contribution in [3.63, 3.8) is 0 Å². The molecule has 0 spiro atoms. The van der Waals surface area contributed by atoms with Gasteiger partial charge in [0, 0.05) is 19.4 Å². The summed E-state index contributed by atoms with van der Waals surface area (Å²) >= 11 is 0. The van der Waals surface area contributed by atoms with Gasteiger partial charge in [-0.05, 0) is 19.8 Å². The summed E-state index contributed by atoms with van der Waals surface area (Å²) in [6, 6.07) is 0.309. The highest BCUT2D eigenvalue weighted by molar-refractivity contribution is 7.92. The van der Waals surface area contributed by atoms with Gasteiger partial charge < -0.3 is 4.74 Å². The van der Waals surface area contributed by atoms with Gasteiger partial charge in [-0.25, -0.2) is 8.42 Å². The smallest absolute Gasteiger partial charge is 0.232 e. The van der Waals surface area contributed by atoms with E-state index in [1.807, 2.05) is 4.68 Å². The van der Waals surface area contributed by atoms with E-state index in [2.05, 4.69) is 9.82 Å². The molecule has 0 unspecified atom stereocenters. The van der Waals surface area contributed by atoms with Crippen LogP contribution in [0.3, 0.4) is 0 Å². The van der Waals surface area contributed by atoms with E-state index in [4.69, 9.17) is 4.74 Å². The zero-order valence-electron chi connectivity index (χ0n) is 9.80. The van der Waals surface area contributed by atoms with E-state index in [-0.39, 0.29) is 5.75 Å². The summed E-state index contributed by atoms with van der Waals surface area (Å²) in [5, 5.41) is 4.19. The van der Waals surface area contributed by atoms with Gasteiger partial charge in [-0.2, -0.15) is 5.10 Å². The van der Waals surface area contributed by atoms with E-state index in [0.717, 1.165) is 26.1 Å². The van der Waals surface area contributed by atoms with Crippen molar-refractivity contribution in [1.29, 1.82) is 0 Å². The molecule has 0 saturated carbocycles. The van der Waals surface area contributed by atoms with E-state index in [1.54, 1.807) is 19.3 Å². The molecule has 0 bridgehead atoms. The Labute approximate surface area is 101 Å². The van der Waals surface area contributed by atoms with Crippen LogP contribution in [-0.2, 0) is 14.8 Å². The van der Waals surface area contributed by atoms with Crippen LogP contribution < -0.4 is 4.72 Å². The lowest BCUT2D eigenvalue weighted by Crippen LogP contribution is -2.20. The van der Waals surface area contributed by atoms with Gasteiger partial charge in [-0.1, -0.05) is 0 Å². The number of sulfonamides is 1. The molecule has 1 saturated heterocycles. The Bertz CT molecular complexity index is 463. The van der Waals surface area contributed by atoms with E-state index >= 15 is 0 Å². The third-order valence-corrected chi connectivity index (χ3v) is 4.13. The van der Waals surface area contributed by atoms with Gasteiger partial charge in [0.2, 0.25) is 10.0 Å². The predicted octanol–water partition coefficient (Wildman–Crippen LogP) is 0.996. The molecule has 1 aromatic rings. The summed E-state index contributed by atoms with van der Waals surface area (Å²) in [6.07, 6.45) is 5.12. The normalized spacial score (nSPS) is 18.2. The molecule has 0 amide bonds. The maximum absolute atomic E-state index is 11.4. The highest BCUT2D eigenvalue weighted by Crippen LogP contribution is 2.21. The van der Waals surface area contributed by atoms with Crippen LogP contribution in [0.5, 0.6) is 0 Å². The third-order valence-electron chi connectivity index (χ3n) is 2.82. The van der Waals surface area contributed by atoms with Gasteiger partial charge in [0.25, 0.3) is 0 Å². The monoisotopic (exact) mass is 259 g/mol. The van der Waals surface area contributed by atoms with Crippen LogP contribution in [0.2, 0.25) is 0 Å². The van der Waals surface area contributed by atoms with Crippen LogP contribution in [0.1, 0.15) is 25.8 Å². The second-order valence-electron chi connectivity index (χ2n) is 4.06. The highest BCUT2D eigenvalue weighted by Gasteiger charge is 2.17. The van der Waals surface area contributed by atoms with Crippen molar-refractivity contribution in [3.05, 3.63) is 12.4 Å². The number of nitrogens with zero attached hydrogens (tertiary/aromatic N) is 2. The highest BCUT2D eigenvalue weighted by atomic mass is 32.2. The number of rotatable bonds is 4. The van der Waals surface area contributed by atoms with Crippen LogP contribution in [-0.4, -0.2) is 37.2 Å². The van der Waals surface area contributed by atoms with Crippen molar-refractivity contribution < 1.29 is 13.2 Å². The van der Waals surface area contributed by atoms with E-state index in [1.165, 1.54) is 0 Å². The lowest BCUT2D eigenvalue weighted by Gasteiger charge is -2.22. The molecule has 17 heavy (non-hydrogen) atoms. The average Bonchev–Trinajstić information content (AvgIpc) is 2.78. The van der Waals surface area contributed by atoms with Crippen molar-refractivity contribution in [1.82, 2.24) is 9.78 Å². The fourth-order valence-electron chi connectivity index (χ4n) is 1.79.